The highest BCUT2D eigenvalue weighted by Crippen LogP contribution is 2.26. The molecule has 0 unspecified atom stereocenters. The highest BCUT2D eigenvalue weighted by atomic mass is 19.1. The van der Waals surface area contributed by atoms with Crippen molar-refractivity contribution < 1.29 is 4.39 Å². The fourth-order valence-corrected chi connectivity index (χ4v) is 3.25. The molecule has 1 aliphatic rings. The minimum Gasteiger partial charge on any atom is -0.326 e. The number of hydrogen-bond donors (Lipinski definition) is 2. The molecule has 0 saturated heterocycles. The van der Waals surface area contributed by atoms with E-state index in [2.05, 4.69) is 26.7 Å². The first kappa shape index (κ1) is 17.9. The quantitative estimate of drug-likeness (QED) is 0.714. The predicted molar refractivity (Wildman–Crippen MR) is 108 cm³/mol. The van der Waals surface area contributed by atoms with Crippen LogP contribution >= 0.6 is 0 Å². The van der Waals surface area contributed by atoms with Gasteiger partial charge in [-0.1, -0.05) is 29.8 Å². The Morgan fingerprint density at radius 3 is 2.54 bits per heavy atom. The minimum atomic E-state index is -0.647. The molecule has 142 valence electrons. The molecule has 28 heavy (non-hydrogen) atoms. The van der Waals surface area contributed by atoms with Gasteiger partial charge in [0.1, 0.15) is 5.82 Å². The molecule has 1 aliphatic heterocycles. The van der Waals surface area contributed by atoms with Gasteiger partial charge in [0.2, 0.25) is 11.9 Å². The van der Waals surface area contributed by atoms with Crippen LogP contribution in [0.4, 0.5) is 16.0 Å². The third kappa shape index (κ3) is 3.38. The average molecular weight is 377 g/mol. The second kappa shape index (κ2) is 6.92. The van der Waals surface area contributed by atoms with Gasteiger partial charge in [-0.15, -0.1) is 0 Å². The van der Waals surface area contributed by atoms with Crippen LogP contribution in [-0.4, -0.2) is 15.5 Å². The summed E-state index contributed by atoms with van der Waals surface area (Å²) in [6.45, 7) is 5.81. The van der Waals surface area contributed by atoms with Gasteiger partial charge in [0, 0.05) is 17.4 Å². The smallest absolute Gasteiger partial charge is 0.257 e. The van der Waals surface area contributed by atoms with E-state index in [9.17, 15) is 9.18 Å². The third-order valence-electron chi connectivity index (χ3n) is 4.61. The Hall–Kier alpha value is -3.48. The molecule has 3 aromatic rings. The van der Waals surface area contributed by atoms with Crippen LogP contribution in [0.25, 0.3) is 0 Å². The molecule has 6 nitrogen and oxygen atoms in total. The monoisotopic (exact) mass is 377 g/mol. The molecular weight excluding hydrogens is 357 g/mol. The molecule has 0 saturated carbocycles. The molecule has 1 atom stereocenters. The molecule has 1 aromatic heterocycles. The summed E-state index contributed by atoms with van der Waals surface area (Å²) < 4.78 is 14.8. The summed E-state index contributed by atoms with van der Waals surface area (Å²) in [6, 6.07) is 13.5. The molecular formula is C21H20FN5O. The second-order valence-electron chi connectivity index (χ2n) is 6.90. The summed E-state index contributed by atoms with van der Waals surface area (Å²) in [4.78, 5) is 21.7. The standard InChI is InChI=1S/C21H20FN5O/c1-12-4-9-17(13(2)10-12)24-20-25-19(15-5-7-16(22)8-6-15)27-18(28)11-14(3)23-21(27)26-20/h4-11,19H,1-3H3,(H2,23,24,25,26)/t19-/m1/s1. The maximum absolute atomic E-state index is 13.4. The number of aliphatic imine (C=N–C) groups is 1. The molecule has 2 aromatic carbocycles. The van der Waals surface area contributed by atoms with E-state index in [-0.39, 0.29) is 11.4 Å². The van der Waals surface area contributed by atoms with Gasteiger partial charge in [-0.05, 0) is 50.1 Å². The maximum Gasteiger partial charge on any atom is 0.257 e. The van der Waals surface area contributed by atoms with Crippen molar-refractivity contribution >= 4 is 17.6 Å². The number of hydrogen-bond acceptors (Lipinski definition) is 5. The van der Waals surface area contributed by atoms with Crippen molar-refractivity contribution in [2.24, 2.45) is 4.99 Å². The largest absolute Gasteiger partial charge is 0.326 e. The SMILES string of the molecule is Cc1ccc(NC2=N[C@@H](c3ccc(F)cc3)n3c(nc(C)cc3=O)N2)c(C)c1. The molecule has 0 bridgehead atoms. The van der Waals surface area contributed by atoms with E-state index in [0.29, 0.717) is 23.2 Å². The zero-order chi connectivity index (χ0) is 19.8. The average Bonchev–Trinajstić information content (AvgIpc) is 2.63. The fraction of sp³-hybridized carbons (Fsp3) is 0.190. The summed E-state index contributed by atoms with van der Waals surface area (Å²) in [5.74, 6) is 0.519. The van der Waals surface area contributed by atoms with E-state index in [0.717, 1.165) is 11.3 Å². The van der Waals surface area contributed by atoms with Gasteiger partial charge in [0.05, 0.1) is 0 Å². The van der Waals surface area contributed by atoms with Crippen molar-refractivity contribution in [3.63, 3.8) is 0 Å². The van der Waals surface area contributed by atoms with Crippen molar-refractivity contribution in [2.75, 3.05) is 10.6 Å². The number of rotatable bonds is 2. The first-order valence-electron chi connectivity index (χ1n) is 8.95. The molecule has 2 heterocycles. The highest BCUT2D eigenvalue weighted by molar-refractivity contribution is 6.04. The Labute approximate surface area is 161 Å². The van der Waals surface area contributed by atoms with Gasteiger partial charge < -0.3 is 5.32 Å². The van der Waals surface area contributed by atoms with Crippen LogP contribution in [-0.2, 0) is 0 Å². The normalized spacial score (nSPS) is 15.4. The van der Waals surface area contributed by atoms with E-state index in [4.69, 9.17) is 0 Å². The summed E-state index contributed by atoms with van der Waals surface area (Å²) in [6.07, 6.45) is -0.647. The van der Waals surface area contributed by atoms with Crippen LogP contribution in [0.1, 0.15) is 28.6 Å². The lowest BCUT2D eigenvalue weighted by atomic mass is 10.1. The third-order valence-corrected chi connectivity index (χ3v) is 4.61. The first-order chi connectivity index (χ1) is 13.4. The molecule has 7 heteroatoms. The molecule has 0 amide bonds. The minimum absolute atomic E-state index is 0.223. The summed E-state index contributed by atoms with van der Waals surface area (Å²) in [5.41, 5.74) is 4.21. The number of nitrogens with zero attached hydrogens (tertiary/aromatic N) is 3. The Kier molecular flexibility index (Phi) is 4.43. The van der Waals surface area contributed by atoms with Crippen LogP contribution in [0.5, 0.6) is 0 Å². The topological polar surface area (TPSA) is 71.3 Å². The zero-order valence-electron chi connectivity index (χ0n) is 15.8. The van der Waals surface area contributed by atoms with Crippen molar-refractivity contribution in [3.8, 4) is 0 Å². The highest BCUT2D eigenvalue weighted by Gasteiger charge is 2.25. The van der Waals surface area contributed by atoms with Crippen molar-refractivity contribution in [3.05, 3.63) is 87.1 Å². The van der Waals surface area contributed by atoms with Crippen molar-refractivity contribution in [1.29, 1.82) is 0 Å². The van der Waals surface area contributed by atoms with Gasteiger partial charge >= 0.3 is 0 Å². The van der Waals surface area contributed by atoms with E-state index < -0.39 is 6.17 Å². The van der Waals surface area contributed by atoms with E-state index in [1.807, 2.05) is 26.0 Å². The van der Waals surface area contributed by atoms with Gasteiger partial charge in [0.15, 0.2) is 6.17 Å². The summed E-state index contributed by atoms with van der Waals surface area (Å²) >= 11 is 0. The molecule has 0 radical (unpaired) electrons. The molecule has 0 fully saturated rings. The van der Waals surface area contributed by atoms with Gasteiger partial charge in [-0.2, -0.15) is 0 Å². The Morgan fingerprint density at radius 1 is 1.07 bits per heavy atom. The Morgan fingerprint density at radius 2 is 1.82 bits per heavy atom. The first-order valence-corrected chi connectivity index (χ1v) is 8.95. The summed E-state index contributed by atoms with van der Waals surface area (Å²) in [5, 5.41) is 6.37. The van der Waals surface area contributed by atoms with Gasteiger partial charge in [0.25, 0.3) is 5.56 Å². The zero-order valence-corrected chi connectivity index (χ0v) is 15.8. The van der Waals surface area contributed by atoms with Crippen LogP contribution in [0.15, 0.2) is 58.3 Å². The predicted octanol–water partition coefficient (Wildman–Crippen LogP) is 3.75. The Bertz CT molecular complexity index is 1130. The number of nitrogens with one attached hydrogen (secondary N) is 2. The lowest BCUT2D eigenvalue weighted by Gasteiger charge is -2.27. The number of aryl methyl sites for hydroxylation is 3. The summed E-state index contributed by atoms with van der Waals surface area (Å²) in [7, 11) is 0. The number of fused-ring (bicyclic) bond motifs is 1. The number of benzene rings is 2. The second-order valence-corrected chi connectivity index (χ2v) is 6.90. The maximum atomic E-state index is 13.4. The van der Waals surface area contributed by atoms with Crippen molar-refractivity contribution in [2.45, 2.75) is 26.9 Å². The van der Waals surface area contributed by atoms with Crippen LogP contribution in [0.3, 0.4) is 0 Å². The molecule has 4 rings (SSSR count). The van der Waals surface area contributed by atoms with Crippen LogP contribution in [0, 0.1) is 26.6 Å². The van der Waals surface area contributed by atoms with E-state index in [1.54, 1.807) is 19.1 Å². The van der Waals surface area contributed by atoms with Gasteiger partial charge in [-0.25, -0.2) is 14.4 Å². The lowest BCUT2D eigenvalue weighted by Crippen LogP contribution is -2.37. The van der Waals surface area contributed by atoms with Crippen molar-refractivity contribution in [1.82, 2.24) is 9.55 Å². The van der Waals surface area contributed by atoms with Gasteiger partial charge in [-0.3, -0.25) is 14.7 Å². The molecule has 2 N–H and O–H groups in total. The number of aromatic nitrogens is 2. The molecule has 0 aliphatic carbocycles. The number of anilines is 2. The van der Waals surface area contributed by atoms with E-state index >= 15 is 0 Å². The molecule has 0 spiro atoms. The number of guanidine groups is 1. The number of halogens is 1. The lowest BCUT2D eigenvalue weighted by molar-refractivity contribution is 0.573. The Balaban J connectivity index is 1.80. The van der Waals surface area contributed by atoms with Crippen LogP contribution in [0.2, 0.25) is 0 Å². The van der Waals surface area contributed by atoms with Crippen LogP contribution < -0.4 is 16.2 Å². The fourth-order valence-electron chi connectivity index (χ4n) is 3.25. The van der Waals surface area contributed by atoms with E-state index in [1.165, 1.54) is 28.3 Å².